The first-order chi connectivity index (χ1) is 9.22. The van der Waals surface area contributed by atoms with Crippen LogP contribution in [0, 0.1) is 0 Å². The Morgan fingerprint density at radius 1 is 1.11 bits per heavy atom. The highest BCUT2D eigenvalue weighted by Crippen LogP contribution is 2.07. The molecule has 0 atom stereocenters. The molecule has 106 valence electrons. The van der Waals surface area contributed by atoms with Crippen molar-refractivity contribution in [2.24, 2.45) is 0 Å². The number of aryl methyl sites for hydroxylation is 1. The summed E-state index contributed by atoms with van der Waals surface area (Å²) < 4.78 is 0. The molecule has 3 heteroatoms. The van der Waals surface area contributed by atoms with Crippen LogP contribution in [0.15, 0.2) is 24.3 Å². The van der Waals surface area contributed by atoms with E-state index in [0.717, 1.165) is 30.6 Å². The molecule has 0 heterocycles. The molecule has 3 nitrogen and oxygen atoms in total. The lowest BCUT2D eigenvalue weighted by Crippen LogP contribution is -2.24. The number of nitrogens with one attached hydrogen (secondary N) is 1. The second-order valence-corrected chi connectivity index (χ2v) is 5.01. The fraction of sp³-hybridized carbons (Fsp3) is 0.562. The molecule has 0 unspecified atom stereocenters. The van der Waals surface area contributed by atoms with E-state index < -0.39 is 0 Å². The van der Waals surface area contributed by atoms with E-state index >= 15 is 0 Å². The average Bonchev–Trinajstić information content (AvgIpc) is 2.42. The molecule has 0 saturated heterocycles. The Labute approximate surface area is 116 Å². The van der Waals surface area contributed by atoms with Gasteiger partial charge in [-0.05, 0) is 30.5 Å². The highest BCUT2D eigenvalue weighted by atomic mass is 16.1. The minimum Gasteiger partial charge on any atom is -0.399 e. The molecule has 1 rings (SSSR count). The highest BCUT2D eigenvalue weighted by Gasteiger charge is 2.01. The van der Waals surface area contributed by atoms with E-state index in [1.807, 2.05) is 24.3 Å². The zero-order chi connectivity index (χ0) is 13.9. The summed E-state index contributed by atoms with van der Waals surface area (Å²) in [7, 11) is 0. The maximum atomic E-state index is 11.6. The van der Waals surface area contributed by atoms with E-state index in [1.54, 1.807) is 0 Å². The number of carbonyl (C=O) groups excluding carboxylic acids is 1. The lowest BCUT2D eigenvalue weighted by atomic mass is 10.1. The normalized spacial score (nSPS) is 10.4. The summed E-state index contributed by atoms with van der Waals surface area (Å²) in [5.74, 6) is 0.146. The van der Waals surface area contributed by atoms with Crippen molar-refractivity contribution >= 4 is 11.6 Å². The number of nitrogens with two attached hydrogens (primary N) is 1. The fourth-order valence-corrected chi connectivity index (χ4v) is 1.99. The maximum absolute atomic E-state index is 11.6. The van der Waals surface area contributed by atoms with Crippen molar-refractivity contribution in [2.45, 2.75) is 51.9 Å². The van der Waals surface area contributed by atoms with Crippen LogP contribution in [-0.4, -0.2) is 12.5 Å². The Balaban J connectivity index is 2.06. The van der Waals surface area contributed by atoms with Crippen molar-refractivity contribution in [3.05, 3.63) is 29.8 Å². The van der Waals surface area contributed by atoms with Crippen LogP contribution in [0.2, 0.25) is 0 Å². The minimum absolute atomic E-state index is 0.146. The predicted octanol–water partition coefficient (Wildman–Crippen LogP) is 3.29. The summed E-state index contributed by atoms with van der Waals surface area (Å²) in [6, 6.07) is 7.71. The van der Waals surface area contributed by atoms with Gasteiger partial charge in [-0.3, -0.25) is 4.79 Å². The lowest BCUT2D eigenvalue weighted by Gasteiger charge is -2.05. The first kappa shape index (κ1) is 15.5. The van der Waals surface area contributed by atoms with Crippen molar-refractivity contribution in [1.29, 1.82) is 0 Å². The van der Waals surface area contributed by atoms with Crippen LogP contribution in [0.25, 0.3) is 0 Å². The monoisotopic (exact) mass is 262 g/mol. The molecule has 0 radical (unpaired) electrons. The molecule has 1 aromatic rings. The molecule has 0 fully saturated rings. The Kier molecular flexibility index (Phi) is 7.71. The summed E-state index contributed by atoms with van der Waals surface area (Å²) in [4.78, 5) is 11.6. The van der Waals surface area contributed by atoms with Crippen LogP contribution in [0.5, 0.6) is 0 Å². The molecule has 0 aromatic heterocycles. The third kappa shape index (κ3) is 7.50. The number of benzene rings is 1. The second kappa shape index (κ2) is 9.42. The van der Waals surface area contributed by atoms with E-state index in [9.17, 15) is 4.79 Å². The van der Waals surface area contributed by atoms with Gasteiger partial charge >= 0.3 is 0 Å². The standard InChI is InChI=1S/C16H26N2O/c1-2-3-4-5-6-13-18-16(19)12-9-14-7-10-15(17)11-8-14/h7-8,10-11H,2-6,9,12-13,17H2,1H3,(H,18,19). The van der Waals surface area contributed by atoms with Crippen LogP contribution in [0.3, 0.4) is 0 Å². The molecular weight excluding hydrogens is 236 g/mol. The van der Waals surface area contributed by atoms with Crippen LogP contribution >= 0.6 is 0 Å². The molecule has 0 aliphatic carbocycles. The summed E-state index contributed by atoms with van der Waals surface area (Å²) in [6.45, 7) is 3.02. The van der Waals surface area contributed by atoms with Gasteiger partial charge in [0.2, 0.25) is 5.91 Å². The number of unbranched alkanes of at least 4 members (excludes halogenated alkanes) is 4. The molecule has 0 aliphatic heterocycles. The van der Waals surface area contributed by atoms with Gasteiger partial charge in [-0.15, -0.1) is 0 Å². The van der Waals surface area contributed by atoms with Gasteiger partial charge in [0.05, 0.1) is 0 Å². The Hall–Kier alpha value is -1.51. The SMILES string of the molecule is CCCCCCCNC(=O)CCc1ccc(N)cc1. The van der Waals surface area contributed by atoms with Gasteiger partial charge < -0.3 is 11.1 Å². The molecule has 1 amide bonds. The van der Waals surface area contributed by atoms with Gasteiger partial charge in [-0.2, -0.15) is 0 Å². The number of amides is 1. The smallest absolute Gasteiger partial charge is 0.220 e. The van der Waals surface area contributed by atoms with E-state index in [-0.39, 0.29) is 5.91 Å². The summed E-state index contributed by atoms with van der Waals surface area (Å²) in [6.07, 6.45) is 7.47. The van der Waals surface area contributed by atoms with Crippen molar-refractivity contribution in [3.8, 4) is 0 Å². The highest BCUT2D eigenvalue weighted by molar-refractivity contribution is 5.76. The van der Waals surface area contributed by atoms with Crippen LogP contribution in [0.4, 0.5) is 5.69 Å². The van der Waals surface area contributed by atoms with Gasteiger partial charge in [0.15, 0.2) is 0 Å². The Morgan fingerprint density at radius 3 is 2.47 bits per heavy atom. The Bertz CT molecular complexity index is 360. The summed E-state index contributed by atoms with van der Waals surface area (Å²) in [5, 5.41) is 2.98. The minimum atomic E-state index is 0.146. The molecule has 19 heavy (non-hydrogen) atoms. The maximum Gasteiger partial charge on any atom is 0.220 e. The van der Waals surface area contributed by atoms with E-state index in [4.69, 9.17) is 5.73 Å². The third-order valence-corrected chi connectivity index (χ3v) is 3.22. The second-order valence-electron chi connectivity index (χ2n) is 5.01. The first-order valence-corrected chi connectivity index (χ1v) is 7.33. The molecule has 0 bridgehead atoms. The molecule has 0 saturated carbocycles. The third-order valence-electron chi connectivity index (χ3n) is 3.22. The van der Waals surface area contributed by atoms with E-state index in [0.29, 0.717) is 6.42 Å². The summed E-state index contributed by atoms with van der Waals surface area (Å²) >= 11 is 0. The Morgan fingerprint density at radius 2 is 1.79 bits per heavy atom. The van der Waals surface area contributed by atoms with Crippen LogP contribution in [0.1, 0.15) is 51.0 Å². The van der Waals surface area contributed by atoms with Crippen LogP contribution in [-0.2, 0) is 11.2 Å². The number of hydrogen-bond acceptors (Lipinski definition) is 2. The molecular formula is C16H26N2O. The number of carbonyl (C=O) groups is 1. The van der Waals surface area contributed by atoms with Crippen molar-refractivity contribution < 1.29 is 4.79 Å². The number of anilines is 1. The zero-order valence-electron chi connectivity index (χ0n) is 12.0. The molecule has 3 N–H and O–H groups in total. The number of rotatable bonds is 9. The van der Waals surface area contributed by atoms with Crippen molar-refractivity contribution in [2.75, 3.05) is 12.3 Å². The van der Waals surface area contributed by atoms with E-state index in [1.165, 1.54) is 25.7 Å². The quantitative estimate of drug-likeness (QED) is 0.530. The number of nitrogen functional groups attached to an aromatic ring is 1. The van der Waals surface area contributed by atoms with Gasteiger partial charge in [0.1, 0.15) is 0 Å². The van der Waals surface area contributed by atoms with E-state index in [2.05, 4.69) is 12.2 Å². The topological polar surface area (TPSA) is 55.1 Å². The van der Waals surface area contributed by atoms with Gasteiger partial charge in [-0.25, -0.2) is 0 Å². The fourth-order valence-electron chi connectivity index (χ4n) is 1.99. The molecule has 0 aliphatic rings. The molecule has 0 spiro atoms. The summed E-state index contributed by atoms with van der Waals surface area (Å²) in [5.41, 5.74) is 7.54. The van der Waals surface area contributed by atoms with Crippen molar-refractivity contribution in [3.63, 3.8) is 0 Å². The first-order valence-electron chi connectivity index (χ1n) is 7.33. The number of hydrogen-bond donors (Lipinski definition) is 2. The van der Waals surface area contributed by atoms with Gasteiger partial charge in [0.25, 0.3) is 0 Å². The van der Waals surface area contributed by atoms with Crippen molar-refractivity contribution in [1.82, 2.24) is 5.32 Å². The zero-order valence-corrected chi connectivity index (χ0v) is 12.0. The molecule has 1 aromatic carbocycles. The largest absolute Gasteiger partial charge is 0.399 e. The van der Waals surface area contributed by atoms with Gasteiger partial charge in [-0.1, -0.05) is 44.7 Å². The van der Waals surface area contributed by atoms with Gasteiger partial charge in [0, 0.05) is 18.7 Å². The predicted molar refractivity (Wildman–Crippen MR) is 80.9 cm³/mol. The average molecular weight is 262 g/mol. The lowest BCUT2D eigenvalue weighted by molar-refractivity contribution is -0.121. The van der Waals surface area contributed by atoms with Crippen LogP contribution < -0.4 is 11.1 Å².